The Hall–Kier alpha value is -2.92. The quantitative estimate of drug-likeness (QED) is 0.476. The van der Waals surface area contributed by atoms with Gasteiger partial charge in [0.25, 0.3) is 5.91 Å². The molecule has 0 aliphatic heterocycles. The number of benzene rings is 3. The Balaban J connectivity index is 1.47. The van der Waals surface area contributed by atoms with Gasteiger partial charge in [-0.15, -0.1) is 0 Å². The zero-order valence-corrected chi connectivity index (χ0v) is 15.5. The van der Waals surface area contributed by atoms with Crippen LogP contribution in [0.25, 0.3) is 11.1 Å². The molecular formula is C21H17BrN2O2. The number of hydrogen-bond donors (Lipinski definition) is 1. The van der Waals surface area contributed by atoms with E-state index in [-0.39, 0.29) is 12.5 Å². The first kappa shape index (κ1) is 17.9. The molecule has 4 nitrogen and oxygen atoms in total. The van der Waals surface area contributed by atoms with E-state index in [4.69, 9.17) is 4.74 Å². The third kappa shape index (κ3) is 5.29. The summed E-state index contributed by atoms with van der Waals surface area (Å²) in [5, 5.41) is 3.92. The average Bonchev–Trinajstić information content (AvgIpc) is 2.69. The van der Waals surface area contributed by atoms with E-state index in [0.717, 1.165) is 21.2 Å². The summed E-state index contributed by atoms with van der Waals surface area (Å²) in [4.78, 5) is 11.8. The molecule has 0 fully saturated rings. The molecular weight excluding hydrogens is 392 g/mol. The molecule has 130 valence electrons. The molecule has 0 heterocycles. The second kappa shape index (κ2) is 8.97. The van der Waals surface area contributed by atoms with Crippen molar-refractivity contribution in [3.63, 3.8) is 0 Å². The van der Waals surface area contributed by atoms with Crippen LogP contribution < -0.4 is 10.2 Å². The second-order valence-electron chi connectivity index (χ2n) is 5.52. The first-order valence-corrected chi connectivity index (χ1v) is 8.86. The number of ether oxygens (including phenoxy) is 1. The molecule has 0 spiro atoms. The predicted molar refractivity (Wildman–Crippen MR) is 107 cm³/mol. The number of hydrazone groups is 1. The highest BCUT2D eigenvalue weighted by Crippen LogP contribution is 2.21. The summed E-state index contributed by atoms with van der Waals surface area (Å²) in [5.74, 6) is 0.321. The summed E-state index contributed by atoms with van der Waals surface area (Å²) in [6, 6.07) is 25.3. The lowest BCUT2D eigenvalue weighted by Crippen LogP contribution is -2.24. The molecule has 0 bridgehead atoms. The van der Waals surface area contributed by atoms with Gasteiger partial charge in [-0.3, -0.25) is 4.79 Å². The van der Waals surface area contributed by atoms with Crippen molar-refractivity contribution in [1.29, 1.82) is 0 Å². The smallest absolute Gasteiger partial charge is 0.277 e. The van der Waals surface area contributed by atoms with Gasteiger partial charge in [-0.1, -0.05) is 70.5 Å². The van der Waals surface area contributed by atoms with Gasteiger partial charge in [0.2, 0.25) is 0 Å². The zero-order chi connectivity index (χ0) is 18.2. The predicted octanol–water partition coefficient (Wildman–Crippen LogP) is 4.65. The Morgan fingerprint density at radius 3 is 2.27 bits per heavy atom. The Bertz CT molecular complexity index is 876. The fraction of sp³-hybridized carbons (Fsp3) is 0.0476. The van der Waals surface area contributed by atoms with E-state index in [2.05, 4.69) is 26.5 Å². The highest BCUT2D eigenvalue weighted by atomic mass is 79.9. The van der Waals surface area contributed by atoms with Crippen LogP contribution in [-0.4, -0.2) is 18.7 Å². The van der Waals surface area contributed by atoms with Crippen LogP contribution in [0.15, 0.2) is 88.4 Å². The zero-order valence-electron chi connectivity index (χ0n) is 13.9. The first-order valence-electron chi connectivity index (χ1n) is 8.06. The third-order valence-electron chi connectivity index (χ3n) is 3.60. The molecule has 3 aromatic rings. The van der Waals surface area contributed by atoms with Crippen molar-refractivity contribution >= 4 is 28.1 Å². The molecule has 5 heteroatoms. The number of amides is 1. The number of carbonyl (C=O) groups is 1. The summed E-state index contributed by atoms with van der Waals surface area (Å²) in [6.07, 6.45) is 1.58. The van der Waals surface area contributed by atoms with Gasteiger partial charge in [0.05, 0.1) is 6.21 Å². The molecule has 0 aliphatic carbocycles. The van der Waals surface area contributed by atoms with Crippen molar-refractivity contribution in [2.75, 3.05) is 6.61 Å². The summed E-state index contributed by atoms with van der Waals surface area (Å²) in [7, 11) is 0. The number of rotatable bonds is 6. The highest BCUT2D eigenvalue weighted by molar-refractivity contribution is 9.10. The number of nitrogens with one attached hydrogen (secondary N) is 1. The minimum Gasteiger partial charge on any atom is -0.484 e. The van der Waals surface area contributed by atoms with Gasteiger partial charge in [0.1, 0.15) is 5.75 Å². The summed E-state index contributed by atoms with van der Waals surface area (Å²) < 4.78 is 6.48. The largest absolute Gasteiger partial charge is 0.484 e. The SMILES string of the molecule is O=C(COc1ccc(-c2ccccc2)cc1)N/N=C\c1ccc(Br)cc1. The normalized spacial score (nSPS) is 10.7. The van der Waals surface area contributed by atoms with Crippen molar-refractivity contribution in [3.05, 3.63) is 88.9 Å². The standard InChI is InChI=1S/C21H17BrN2O2/c22-19-10-6-16(7-11-19)14-23-24-21(25)15-26-20-12-8-18(9-13-20)17-4-2-1-3-5-17/h1-14H,15H2,(H,24,25)/b23-14-. The van der Waals surface area contributed by atoms with Gasteiger partial charge in [0.15, 0.2) is 6.61 Å². The molecule has 0 aliphatic rings. The van der Waals surface area contributed by atoms with Crippen LogP contribution >= 0.6 is 15.9 Å². The minimum absolute atomic E-state index is 0.0949. The number of halogens is 1. The fourth-order valence-corrected chi connectivity index (χ4v) is 2.55. The lowest BCUT2D eigenvalue weighted by atomic mass is 10.1. The van der Waals surface area contributed by atoms with Gasteiger partial charge in [0, 0.05) is 4.47 Å². The van der Waals surface area contributed by atoms with Crippen molar-refractivity contribution in [3.8, 4) is 16.9 Å². The first-order chi connectivity index (χ1) is 12.7. The molecule has 1 amide bonds. The number of nitrogens with zero attached hydrogens (tertiary/aromatic N) is 1. The van der Waals surface area contributed by atoms with E-state index in [1.807, 2.05) is 78.9 Å². The molecule has 3 rings (SSSR count). The summed E-state index contributed by atoms with van der Waals surface area (Å²) >= 11 is 3.37. The van der Waals surface area contributed by atoms with Crippen LogP contribution in [0.3, 0.4) is 0 Å². The van der Waals surface area contributed by atoms with Crippen LogP contribution in [0.5, 0.6) is 5.75 Å². The van der Waals surface area contributed by atoms with Crippen molar-refractivity contribution < 1.29 is 9.53 Å². The van der Waals surface area contributed by atoms with Crippen LogP contribution in [0.1, 0.15) is 5.56 Å². The Labute approximate surface area is 160 Å². The van der Waals surface area contributed by atoms with Crippen LogP contribution in [0.4, 0.5) is 0 Å². The molecule has 0 radical (unpaired) electrons. The van der Waals surface area contributed by atoms with Gasteiger partial charge in [-0.2, -0.15) is 5.10 Å². The number of hydrogen-bond acceptors (Lipinski definition) is 3. The average molecular weight is 409 g/mol. The van der Waals surface area contributed by atoms with Crippen molar-refractivity contribution in [2.24, 2.45) is 5.10 Å². The van der Waals surface area contributed by atoms with E-state index < -0.39 is 0 Å². The van der Waals surface area contributed by atoms with Gasteiger partial charge in [-0.25, -0.2) is 5.43 Å². The molecule has 0 aromatic heterocycles. The maximum absolute atomic E-state index is 11.8. The Kier molecular flexibility index (Phi) is 6.17. The van der Waals surface area contributed by atoms with Crippen molar-refractivity contribution in [1.82, 2.24) is 5.43 Å². The van der Waals surface area contributed by atoms with Gasteiger partial charge in [-0.05, 0) is 41.0 Å². The van der Waals surface area contributed by atoms with E-state index in [1.165, 1.54) is 0 Å². The molecule has 26 heavy (non-hydrogen) atoms. The maximum atomic E-state index is 11.8. The van der Waals surface area contributed by atoms with E-state index in [9.17, 15) is 4.79 Å². The fourth-order valence-electron chi connectivity index (χ4n) is 2.28. The second-order valence-corrected chi connectivity index (χ2v) is 6.44. The number of carbonyl (C=O) groups excluding carboxylic acids is 1. The molecule has 0 saturated carbocycles. The lowest BCUT2D eigenvalue weighted by Gasteiger charge is -2.06. The van der Waals surface area contributed by atoms with Crippen LogP contribution in [-0.2, 0) is 4.79 Å². The lowest BCUT2D eigenvalue weighted by molar-refractivity contribution is -0.123. The van der Waals surface area contributed by atoms with Gasteiger partial charge >= 0.3 is 0 Å². The van der Waals surface area contributed by atoms with Crippen molar-refractivity contribution in [2.45, 2.75) is 0 Å². The molecule has 3 aromatic carbocycles. The van der Waals surface area contributed by atoms with Crippen LogP contribution in [0, 0.1) is 0 Å². The topological polar surface area (TPSA) is 50.7 Å². The highest BCUT2D eigenvalue weighted by Gasteiger charge is 2.02. The monoisotopic (exact) mass is 408 g/mol. The van der Waals surface area contributed by atoms with E-state index in [0.29, 0.717) is 5.75 Å². The van der Waals surface area contributed by atoms with Crippen LogP contribution in [0.2, 0.25) is 0 Å². The Morgan fingerprint density at radius 1 is 0.923 bits per heavy atom. The van der Waals surface area contributed by atoms with E-state index in [1.54, 1.807) is 6.21 Å². The summed E-state index contributed by atoms with van der Waals surface area (Å²) in [6.45, 7) is -0.0949. The van der Waals surface area contributed by atoms with E-state index >= 15 is 0 Å². The third-order valence-corrected chi connectivity index (χ3v) is 4.13. The van der Waals surface area contributed by atoms with Gasteiger partial charge < -0.3 is 4.74 Å². The minimum atomic E-state index is -0.314. The molecule has 0 saturated heterocycles. The Morgan fingerprint density at radius 2 is 1.58 bits per heavy atom. The summed E-state index contributed by atoms with van der Waals surface area (Å²) in [5.41, 5.74) is 5.58. The maximum Gasteiger partial charge on any atom is 0.277 e. The molecule has 1 N–H and O–H groups in total. The molecule has 0 atom stereocenters. The molecule has 0 unspecified atom stereocenters.